The molecule has 2 amide bonds. The van der Waals surface area contributed by atoms with Crippen LogP contribution in [0, 0.1) is 11.8 Å². The Bertz CT molecular complexity index is 602. The fourth-order valence-electron chi connectivity index (χ4n) is 3.30. The van der Waals surface area contributed by atoms with E-state index in [-0.39, 0.29) is 17.7 Å². The van der Waals surface area contributed by atoms with E-state index in [4.69, 9.17) is 0 Å². The van der Waals surface area contributed by atoms with Gasteiger partial charge in [-0.25, -0.2) is 0 Å². The maximum atomic E-state index is 11.8. The van der Waals surface area contributed by atoms with Gasteiger partial charge in [0.05, 0.1) is 0 Å². The van der Waals surface area contributed by atoms with Crippen LogP contribution in [0.5, 0.6) is 0 Å². The molecule has 1 aliphatic carbocycles. The first-order chi connectivity index (χ1) is 11.6. The van der Waals surface area contributed by atoms with E-state index < -0.39 is 0 Å². The lowest BCUT2D eigenvalue weighted by Crippen LogP contribution is -2.38. The lowest BCUT2D eigenvalue weighted by atomic mass is 10.00. The molecule has 24 heavy (non-hydrogen) atoms. The van der Waals surface area contributed by atoms with E-state index in [9.17, 15) is 9.59 Å². The van der Waals surface area contributed by atoms with Crippen LogP contribution in [0.2, 0.25) is 0 Å². The summed E-state index contributed by atoms with van der Waals surface area (Å²) in [6.07, 6.45) is 2.42. The third-order valence-corrected chi connectivity index (χ3v) is 5.06. The van der Waals surface area contributed by atoms with E-state index in [1.807, 2.05) is 0 Å². The van der Waals surface area contributed by atoms with Crippen LogP contribution in [-0.4, -0.2) is 42.9 Å². The quantitative estimate of drug-likeness (QED) is 0.793. The van der Waals surface area contributed by atoms with Crippen LogP contribution in [0.1, 0.15) is 30.9 Å². The molecule has 0 spiro atoms. The van der Waals surface area contributed by atoms with Gasteiger partial charge in [-0.3, -0.25) is 14.5 Å². The van der Waals surface area contributed by atoms with Crippen LogP contribution in [0.4, 0.5) is 0 Å². The molecule has 0 unspecified atom stereocenters. The number of fused-ring (bicyclic) bond motifs is 1. The maximum absolute atomic E-state index is 11.8. The summed E-state index contributed by atoms with van der Waals surface area (Å²) in [5, 5.41) is 5.80. The number of hydrogen-bond acceptors (Lipinski definition) is 3. The van der Waals surface area contributed by atoms with Gasteiger partial charge >= 0.3 is 0 Å². The van der Waals surface area contributed by atoms with E-state index in [2.05, 4.69) is 46.7 Å². The van der Waals surface area contributed by atoms with Gasteiger partial charge in [-0.05, 0) is 29.9 Å². The number of benzene rings is 1. The smallest absolute Gasteiger partial charge is 0.223 e. The molecular weight excluding hydrogens is 302 g/mol. The molecule has 130 valence electrons. The Labute approximate surface area is 143 Å². The van der Waals surface area contributed by atoms with E-state index in [1.165, 1.54) is 11.1 Å². The first-order valence-electron chi connectivity index (χ1n) is 8.97. The second-order valence-corrected chi connectivity index (χ2v) is 7.01. The second kappa shape index (κ2) is 7.79. The molecule has 0 radical (unpaired) electrons. The minimum atomic E-state index is 0.0107. The largest absolute Gasteiger partial charge is 0.355 e. The molecule has 2 atom stereocenters. The minimum Gasteiger partial charge on any atom is -0.355 e. The van der Waals surface area contributed by atoms with Gasteiger partial charge < -0.3 is 10.6 Å². The molecule has 0 saturated heterocycles. The SMILES string of the molecule is C[C@@H]1C[C@H]1C(=O)NCCC(=O)NCCN1CCc2ccccc2C1. The van der Waals surface area contributed by atoms with Crippen molar-refractivity contribution in [3.05, 3.63) is 35.4 Å². The molecule has 0 bridgehead atoms. The normalized spacial score (nSPS) is 22.5. The summed E-state index contributed by atoms with van der Waals surface area (Å²) in [7, 11) is 0. The number of rotatable bonds is 7. The zero-order valence-corrected chi connectivity index (χ0v) is 14.4. The molecule has 1 aliphatic heterocycles. The van der Waals surface area contributed by atoms with E-state index in [1.54, 1.807) is 0 Å². The maximum Gasteiger partial charge on any atom is 0.223 e. The number of nitrogens with one attached hydrogen (secondary N) is 2. The van der Waals surface area contributed by atoms with Crippen molar-refractivity contribution in [2.24, 2.45) is 11.8 Å². The third-order valence-electron chi connectivity index (χ3n) is 5.06. The van der Waals surface area contributed by atoms with Gasteiger partial charge in [-0.15, -0.1) is 0 Å². The molecule has 2 N–H and O–H groups in total. The summed E-state index contributed by atoms with van der Waals surface area (Å²) in [5.41, 5.74) is 2.84. The predicted molar refractivity (Wildman–Crippen MR) is 93.3 cm³/mol. The standard InChI is InChI=1S/C19H27N3O2/c1-14-12-17(14)19(24)21-8-6-18(23)20-9-11-22-10-7-15-4-2-3-5-16(15)13-22/h2-5,14,17H,6-13H2,1H3,(H,20,23)(H,21,24)/t14-,17-/m1/s1. The predicted octanol–water partition coefficient (Wildman–Crippen LogP) is 1.32. The summed E-state index contributed by atoms with van der Waals surface area (Å²) in [4.78, 5) is 25.9. The lowest BCUT2D eigenvalue weighted by Gasteiger charge is -2.28. The Morgan fingerprint density at radius 3 is 2.67 bits per heavy atom. The van der Waals surface area contributed by atoms with Gasteiger partial charge in [0.2, 0.25) is 11.8 Å². The van der Waals surface area contributed by atoms with Crippen LogP contribution in [-0.2, 0) is 22.6 Å². The zero-order valence-electron chi connectivity index (χ0n) is 14.4. The van der Waals surface area contributed by atoms with Crippen molar-refractivity contribution in [2.75, 3.05) is 26.2 Å². The van der Waals surface area contributed by atoms with Gasteiger partial charge in [-0.1, -0.05) is 31.2 Å². The highest BCUT2D eigenvalue weighted by Gasteiger charge is 2.38. The Kier molecular flexibility index (Phi) is 5.51. The molecule has 1 fully saturated rings. The lowest BCUT2D eigenvalue weighted by molar-refractivity contribution is -0.123. The molecule has 1 aromatic carbocycles. The summed E-state index contributed by atoms with van der Waals surface area (Å²) >= 11 is 0. The van der Waals surface area contributed by atoms with Gasteiger partial charge in [0.25, 0.3) is 0 Å². The summed E-state index contributed by atoms with van der Waals surface area (Å²) in [6.45, 7) is 6.05. The highest BCUT2D eigenvalue weighted by molar-refractivity contribution is 5.82. The van der Waals surface area contributed by atoms with E-state index >= 15 is 0 Å². The van der Waals surface area contributed by atoms with Crippen LogP contribution >= 0.6 is 0 Å². The first-order valence-corrected chi connectivity index (χ1v) is 8.97. The van der Waals surface area contributed by atoms with Crippen molar-refractivity contribution in [2.45, 2.75) is 32.7 Å². The van der Waals surface area contributed by atoms with Crippen molar-refractivity contribution in [1.29, 1.82) is 0 Å². The van der Waals surface area contributed by atoms with Crippen molar-refractivity contribution >= 4 is 11.8 Å². The van der Waals surface area contributed by atoms with Crippen molar-refractivity contribution in [3.8, 4) is 0 Å². The molecule has 1 heterocycles. The monoisotopic (exact) mass is 329 g/mol. The number of nitrogens with zero attached hydrogens (tertiary/aromatic N) is 1. The number of amides is 2. The zero-order chi connectivity index (χ0) is 16.9. The highest BCUT2D eigenvalue weighted by atomic mass is 16.2. The van der Waals surface area contributed by atoms with E-state index in [0.29, 0.717) is 25.4 Å². The van der Waals surface area contributed by atoms with Gasteiger partial charge in [0.1, 0.15) is 0 Å². The summed E-state index contributed by atoms with van der Waals surface area (Å²) in [5.74, 6) is 0.794. The summed E-state index contributed by atoms with van der Waals surface area (Å²) < 4.78 is 0. The molecule has 1 saturated carbocycles. The molecule has 5 heteroatoms. The van der Waals surface area contributed by atoms with Crippen LogP contribution < -0.4 is 10.6 Å². The highest BCUT2D eigenvalue weighted by Crippen LogP contribution is 2.37. The van der Waals surface area contributed by atoms with E-state index in [0.717, 1.165) is 32.5 Å². The molecule has 1 aromatic rings. The van der Waals surface area contributed by atoms with Gasteiger partial charge in [0, 0.05) is 45.1 Å². The number of carbonyl (C=O) groups is 2. The fraction of sp³-hybridized carbons (Fsp3) is 0.579. The van der Waals surface area contributed by atoms with Gasteiger partial charge in [0.15, 0.2) is 0 Å². The molecule has 5 nitrogen and oxygen atoms in total. The number of hydrogen-bond donors (Lipinski definition) is 2. The average Bonchev–Trinajstić information content (AvgIpc) is 3.31. The Hall–Kier alpha value is -1.88. The average molecular weight is 329 g/mol. The van der Waals surface area contributed by atoms with Crippen molar-refractivity contribution in [1.82, 2.24) is 15.5 Å². The molecule has 3 rings (SSSR count). The minimum absolute atomic E-state index is 0.0107. The molecular formula is C19H27N3O2. The molecule has 2 aliphatic rings. The Morgan fingerprint density at radius 2 is 1.92 bits per heavy atom. The first kappa shape index (κ1) is 17.0. The number of carbonyl (C=O) groups excluding carboxylic acids is 2. The van der Waals surface area contributed by atoms with Crippen LogP contribution in [0.15, 0.2) is 24.3 Å². The van der Waals surface area contributed by atoms with Crippen molar-refractivity contribution < 1.29 is 9.59 Å². The topological polar surface area (TPSA) is 61.4 Å². The third kappa shape index (κ3) is 4.57. The Morgan fingerprint density at radius 1 is 1.17 bits per heavy atom. The fourth-order valence-corrected chi connectivity index (χ4v) is 3.30. The Balaban J connectivity index is 1.28. The van der Waals surface area contributed by atoms with Gasteiger partial charge in [-0.2, -0.15) is 0 Å². The molecule has 0 aromatic heterocycles. The second-order valence-electron chi connectivity index (χ2n) is 7.01. The van der Waals surface area contributed by atoms with Crippen LogP contribution in [0.25, 0.3) is 0 Å². The summed E-state index contributed by atoms with van der Waals surface area (Å²) in [6, 6.07) is 8.56. The van der Waals surface area contributed by atoms with Crippen molar-refractivity contribution in [3.63, 3.8) is 0 Å². The van der Waals surface area contributed by atoms with Crippen LogP contribution in [0.3, 0.4) is 0 Å².